The first-order chi connectivity index (χ1) is 9.20. The van der Waals surface area contributed by atoms with Gasteiger partial charge in [0, 0.05) is 23.6 Å². The van der Waals surface area contributed by atoms with Gasteiger partial charge in [-0.2, -0.15) is 0 Å². The maximum Gasteiger partial charge on any atom is 0.231 e. The molecule has 0 saturated carbocycles. The Labute approximate surface area is 113 Å². The van der Waals surface area contributed by atoms with Crippen molar-refractivity contribution in [2.45, 2.75) is 26.3 Å². The summed E-state index contributed by atoms with van der Waals surface area (Å²) in [5, 5.41) is 6.29. The van der Waals surface area contributed by atoms with Gasteiger partial charge in [0.1, 0.15) is 0 Å². The third-order valence-electron chi connectivity index (χ3n) is 3.24. The topological polar surface area (TPSA) is 63.2 Å². The fourth-order valence-electron chi connectivity index (χ4n) is 2.20. The predicted molar refractivity (Wildman–Crippen MR) is 74.0 cm³/mol. The number of amides is 1. The van der Waals surface area contributed by atoms with E-state index in [9.17, 15) is 4.79 Å². The van der Waals surface area contributed by atoms with Crippen LogP contribution in [0.5, 0.6) is 0 Å². The highest BCUT2D eigenvalue weighted by Gasteiger charge is 2.33. The van der Waals surface area contributed by atoms with Crippen LogP contribution in [0.4, 0.5) is 5.69 Å². The highest BCUT2D eigenvalue weighted by atomic mass is 16.5. The second kappa shape index (κ2) is 6.63. The zero-order chi connectivity index (χ0) is 13.7. The average Bonchev–Trinajstić information content (AvgIpc) is 2.84. The minimum atomic E-state index is -0.125. The number of pyridine rings is 1. The number of hydrogen-bond acceptors (Lipinski definition) is 4. The van der Waals surface area contributed by atoms with E-state index in [2.05, 4.69) is 22.5 Å². The molecular weight excluding hydrogens is 242 g/mol. The normalized spacial score (nSPS) is 22.4. The average molecular weight is 263 g/mol. The molecular formula is C14H21N3O2. The van der Waals surface area contributed by atoms with Crippen LogP contribution in [0.1, 0.15) is 19.0 Å². The lowest BCUT2D eigenvalue weighted by Crippen LogP contribution is -2.41. The van der Waals surface area contributed by atoms with Gasteiger partial charge in [0.25, 0.3) is 0 Å². The van der Waals surface area contributed by atoms with Crippen molar-refractivity contribution in [3.8, 4) is 0 Å². The second-order valence-corrected chi connectivity index (χ2v) is 4.88. The zero-order valence-corrected chi connectivity index (χ0v) is 11.5. The molecule has 0 aromatic carbocycles. The first-order valence-electron chi connectivity index (χ1n) is 6.75. The maximum absolute atomic E-state index is 12.2. The maximum atomic E-state index is 12.2. The van der Waals surface area contributed by atoms with E-state index >= 15 is 0 Å². The summed E-state index contributed by atoms with van der Waals surface area (Å²) < 4.78 is 5.41. The molecule has 1 fully saturated rings. The zero-order valence-electron chi connectivity index (χ0n) is 11.5. The Morgan fingerprint density at radius 1 is 1.53 bits per heavy atom. The molecule has 2 N–H and O–H groups in total. The monoisotopic (exact) mass is 263 g/mol. The Bertz CT molecular complexity index is 436. The fraction of sp³-hybridized carbons (Fsp3) is 0.571. The number of rotatable bonds is 5. The van der Waals surface area contributed by atoms with Gasteiger partial charge < -0.3 is 15.4 Å². The minimum Gasteiger partial charge on any atom is -0.379 e. The first kappa shape index (κ1) is 14.0. The van der Waals surface area contributed by atoms with Crippen molar-refractivity contribution in [3.63, 3.8) is 0 Å². The smallest absolute Gasteiger partial charge is 0.231 e. The van der Waals surface area contributed by atoms with Crippen LogP contribution in [0.3, 0.4) is 0 Å². The fourth-order valence-corrected chi connectivity index (χ4v) is 2.20. The summed E-state index contributed by atoms with van der Waals surface area (Å²) in [5.74, 6) is -0.114. The highest BCUT2D eigenvalue weighted by molar-refractivity contribution is 5.93. The lowest BCUT2D eigenvalue weighted by Gasteiger charge is -2.18. The van der Waals surface area contributed by atoms with Crippen LogP contribution < -0.4 is 10.6 Å². The molecule has 1 saturated heterocycles. The Balaban J connectivity index is 1.95. The number of ether oxygens (including phenoxy) is 1. The number of carbonyl (C=O) groups excluding carboxylic acids is 1. The third kappa shape index (κ3) is 3.75. The molecule has 1 aromatic rings. The Hall–Kier alpha value is -1.46. The number of aryl methyl sites for hydroxylation is 1. The van der Waals surface area contributed by atoms with Crippen LogP contribution >= 0.6 is 0 Å². The van der Waals surface area contributed by atoms with Gasteiger partial charge in [-0.3, -0.25) is 9.78 Å². The Morgan fingerprint density at radius 3 is 3.11 bits per heavy atom. The van der Waals surface area contributed by atoms with E-state index in [4.69, 9.17) is 4.74 Å². The molecule has 1 aliphatic rings. The summed E-state index contributed by atoms with van der Waals surface area (Å²) in [6.07, 6.45) is 2.75. The number of nitrogens with zero attached hydrogens (tertiary/aromatic N) is 1. The molecule has 0 bridgehead atoms. The van der Waals surface area contributed by atoms with Crippen molar-refractivity contribution in [2.75, 3.05) is 25.1 Å². The van der Waals surface area contributed by atoms with Crippen molar-refractivity contribution in [3.05, 3.63) is 24.0 Å². The van der Waals surface area contributed by atoms with Gasteiger partial charge in [-0.25, -0.2) is 0 Å². The molecule has 1 amide bonds. The summed E-state index contributed by atoms with van der Waals surface area (Å²) in [5.41, 5.74) is 1.68. The van der Waals surface area contributed by atoms with Crippen molar-refractivity contribution in [1.82, 2.24) is 10.3 Å². The molecule has 5 nitrogen and oxygen atoms in total. The van der Waals surface area contributed by atoms with E-state index in [1.165, 1.54) is 0 Å². The van der Waals surface area contributed by atoms with Gasteiger partial charge in [0.15, 0.2) is 0 Å². The SMILES string of the molecule is CCCNC1COCC1C(=O)Nc1ccnc(C)c1. The van der Waals surface area contributed by atoms with Gasteiger partial charge in [-0.15, -0.1) is 0 Å². The molecule has 2 rings (SSSR count). The van der Waals surface area contributed by atoms with Crippen molar-refractivity contribution in [1.29, 1.82) is 0 Å². The lowest BCUT2D eigenvalue weighted by molar-refractivity contribution is -0.120. The second-order valence-electron chi connectivity index (χ2n) is 4.88. The molecule has 5 heteroatoms. The summed E-state index contributed by atoms with van der Waals surface area (Å²) in [6.45, 7) is 6.01. The minimum absolute atomic E-state index is 0.0108. The molecule has 1 aliphatic heterocycles. The Morgan fingerprint density at radius 2 is 2.37 bits per heavy atom. The predicted octanol–water partition coefficient (Wildman–Crippen LogP) is 1.34. The van der Waals surface area contributed by atoms with Crippen LogP contribution in [0, 0.1) is 12.8 Å². The van der Waals surface area contributed by atoms with Crippen LogP contribution in [0.25, 0.3) is 0 Å². The van der Waals surface area contributed by atoms with E-state index in [-0.39, 0.29) is 17.9 Å². The number of anilines is 1. The van der Waals surface area contributed by atoms with Gasteiger partial charge >= 0.3 is 0 Å². The lowest BCUT2D eigenvalue weighted by atomic mass is 10.0. The van der Waals surface area contributed by atoms with E-state index in [0.717, 1.165) is 24.3 Å². The van der Waals surface area contributed by atoms with Crippen LogP contribution in [0.2, 0.25) is 0 Å². The van der Waals surface area contributed by atoms with E-state index in [0.29, 0.717) is 13.2 Å². The largest absolute Gasteiger partial charge is 0.379 e. The molecule has 104 valence electrons. The van der Waals surface area contributed by atoms with Gasteiger partial charge in [-0.05, 0) is 32.0 Å². The summed E-state index contributed by atoms with van der Waals surface area (Å²) >= 11 is 0. The molecule has 1 aromatic heterocycles. The van der Waals surface area contributed by atoms with Crippen LogP contribution in [0.15, 0.2) is 18.3 Å². The highest BCUT2D eigenvalue weighted by Crippen LogP contribution is 2.17. The van der Waals surface area contributed by atoms with Crippen molar-refractivity contribution >= 4 is 11.6 Å². The number of hydrogen-bond donors (Lipinski definition) is 2. The molecule has 19 heavy (non-hydrogen) atoms. The van der Waals surface area contributed by atoms with Crippen molar-refractivity contribution < 1.29 is 9.53 Å². The van der Waals surface area contributed by atoms with Gasteiger partial charge in [-0.1, -0.05) is 6.92 Å². The van der Waals surface area contributed by atoms with Crippen molar-refractivity contribution in [2.24, 2.45) is 5.92 Å². The van der Waals surface area contributed by atoms with E-state index < -0.39 is 0 Å². The van der Waals surface area contributed by atoms with E-state index in [1.807, 2.05) is 13.0 Å². The molecule has 2 unspecified atom stereocenters. The first-order valence-corrected chi connectivity index (χ1v) is 6.75. The van der Waals surface area contributed by atoms with Crippen LogP contribution in [-0.2, 0) is 9.53 Å². The van der Waals surface area contributed by atoms with E-state index in [1.54, 1.807) is 12.3 Å². The molecule has 0 aliphatic carbocycles. The molecule has 0 spiro atoms. The van der Waals surface area contributed by atoms with Gasteiger partial charge in [0.2, 0.25) is 5.91 Å². The summed E-state index contributed by atoms with van der Waals surface area (Å²) in [4.78, 5) is 16.4. The van der Waals surface area contributed by atoms with Gasteiger partial charge in [0.05, 0.1) is 19.1 Å². The summed E-state index contributed by atoms with van der Waals surface area (Å²) in [6, 6.07) is 3.78. The molecule has 0 radical (unpaired) electrons. The standard InChI is InChI=1S/C14H21N3O2/c1-3-5-16-13-9-19-8-12(13)14(18)17-11-4-6-15-10(2)7-11/h4,6-7,12-13,16H,3,5,8-9H2,1-2H3,(H,15,17,18). The third-order valence-corrected chi connectivity index (χ3v) is 3.24. The molecule has 2 atom stereocenters. The summed E-state index contributed by atoms with van der Waals surface area (Å²) in [7, 11) is 0. The Kier molecular flexibility index (Phi) is 4.87. The molecule has 2 heterocycles. The quantitative estimate of drug-likeness (QED) is 0.841. The number of aromatic nitrogens is 1. The van der Waals surface area contributed by atoms with Crippen LogP contribution in [-0.4, -0.2) is 36.7 Å². The number of nitrogens with one attached hydrogen (secondary N) is 2. The number of carbonyl (C=O) groups is 1.